The van der Waals surface area contributed by atoms with Crippen LogP contribution in [0, 0.1) is 0 Å². The van der Waals surface area contributed by atoms with E-state index < -0.39 is 0 Å². The van der Waals surface area contributed by atoms with Crippen LogP contribution in [0.5, 0.6) is 0 Å². The first kappa shape index (κ1) is 13.6. The summed E-state index contributed by atoms with van der Waals surface area (Å²) >= 11 is 0. The number of aromatic nitrogens is 3. The fourth-order valence-electron chi connectivity index (χ4n) is 1.40. The molecule has 1 heterocycles. The number of rotatable bonds is 7. The van der Waals surface area contributed by atoms with Crippen molar-refractivity contribution in [1.82, 2.24) is 20.1 Å². The Balaban J connectivity index is 2.38. The van der Waals surface area contributed by atoms with E-state index in [0.717, 1.165) is 12.4 Å². The molecule has 0 saturated carbocycles. The van der Waals surface area contributed by atoms with E-state index in [1.165, 1.54) is 0 Å². The number of carbonyl (C=O) groups is 1. The number of hydrogen-bond donors (Lipinski definition) is 2. The van der Waals surface area contributed by atoms with Gasteiger partial charge in [-0.25, -0.2) is 0 Å². The number of nitrogens with zero attached hydrogens (tertiary/aromatic N) is 3. The zero-order valence-electron chi connectivity index (χ0n) is 10.2. The lowest BCUT2D eigenvalue weighted by molar-refractivity contribution is -0.123. The molecule has 0 aliphatic heterocycles. The van der Waals surface area contributed by atoms with E-state index in [1.54, 1.807) is 13.4 Å². The third-order valence-corrected chi connectivity index (χ3v) is 2.49. The van der Waals surface area contributed by atoms with E-state index in [4.69, 9.17) is 10.5 Å². The summed E-state index contributed by atoms with van der Waals surface area (Å²) < 4.78 is 6.91. The third-order valence-electron chi connectivity index (χ3n) is 2.49. The fraction of sp³-hybridized carbons (Fsp3) is 0.700. The predicted molar refractivity (Wildman–Crippen MR) is 62.0 cm³/mol. The molecule has 1 atom stereocenters. The van der Waals surface area contributed by atoms with E-state index in [2.05, 4.69) is 15.5 Å². The maximum Gasteiger partial charge on any atom is 0.223 e. The van der Waals surface area contributed by atoms with Crippen LogP contribution >= 0.6 is 0 Å². The van der Waals surface area contributed by atoms with Crippen LogP contribution < -0.4 is 11.1 Å². The smallest absolute Gasteiger partial charge is 0.223 e. The molecule has 17 heavy (non-hydrogen) atoms. The Kier molecular flexibility index (Phi) is 5.58. The van der Waals surface area contributed by atoms with Crippen molar-refractivity contribution in [3.05, 3.63) is 12.2 Å². The summed E-state index contributed by atoms with van der Waals surface area (Å²) in [6, 6.07) is 0. The summed E-state index contributed by atoms with van der Waals surface area (Å²) in [4.78, 5) is 11.6. The number of hydrogen-bond acceptors (Lipinski definition) is 5. The van der Waals surface area contributed by atoms with Gasteiger partial charge in [0.15, 0.2) is 5.82 Å². The molecule has 0 aromatic carbocycles. The van der Waals surface area contributed by atoms with Gasteiger partial charge in [-0.3, -0.25) is 4.79 Å². The van der Waals surface area contributed by atoms with Crippen molar-refractivity contribution in [2.45, 2.75) is 32.5 Å². The highest BCUT2D eigenvalue weighted by Gasteiger charge is 2.12. The Morgan fingerprint density at radius 1 is 1.71 bits per heavy atom. The second-order valence-electron chi connectivity index (χ2n) is 3.61. The van der Waals surface area contributed by atoms with Crippen LogP contribution in [-0.4, -0.2) is 40.4 Å². The summed E-state index contributed by atoms with van der Waals surface area (Å²) in [6.45, 7) is 3.47. The van der Waals surface area contributed by atoms with Gasteiger partial charge in [-0.05, 0) is 6.92 Å². The molecule has 7 nitrogen and oxygen atoms in total. The minimum absolute atomic E-state index is 0.104. The van der Waals surface area contributed by atoms with Crippen molar-refractivity contribution in [2.24, 2.45) is 5.73 Å². The average Bonchev–Trinajstić information content (AvgIpc) is 2.80. The molecule has 0 aliphatic carbocycles. The zero-order chi connectivity index (χ0) is 12.7. The number of carbonyl (C=O) groups excluding carboxylic acids is 1. The van der Waals surface area contributed by atoms with Gasteiger partial charge in [-0.2, -0.15) is 0 Å². The first-order chi connectivity index (χ1) is 8.21. The number of ether oxygens (including phenoxy) is 1. The molecule has 0 saturated heterocycles. The highest BCUT2D eigenvalue weighted by Crippen LogP contribution is 1.97. The molecule has 7 heteroatoms. The van der Waals surface area contributed by atoms with Gasteiger partial charge in [0.25, 0.3) is 0 Å². The standard InChI is InChI=1S/C10H19N5O2/c1-3-15-7-13-14-9(15)6-12-10(16)4-8(5-11)17-2/h7-8H,3-6,11H2,1-2H3,(H,12,16). The largest absolute Gasteiger partial charge is 0.380 e. The lowest BCUT2D eigenvalue weighted by Crippen LogP contribution is -2.32. The lowest BCUT2D eigenvalue weighted by atomic mass is 10.2. The summed E-state index contributed by atoms with van der Waals surface area (Å²) in [6.07, 6.45) is 1.66. The van der Waals surface area contributed by atoms with Crippen molar-refractivity contribution in [1.29, 1.82) is 0 Å². The van der Waals surface area contributed by atoms with E-state index in [0.29, 0.717) is 13.1 Å². The van der Waals surface area contributed by atoms with Crippen molar-refractivity contribution in [3.8, 4) is 0 Å². The van der Waals surface area contributed by atoms with Gasteiger partial charge in [-0.15, -0.1) is 10.2 Å². The molecule has 0 spiro atoms. The van der Waals surface area contributed by atoms with Crippen LogP contribution in [0.25, 0.3) is 0 Å². The summed E-state index contributed by atoms with van der Waals surface area (Å²) in [5.41, 5.74) is 5.44. The van der Waals surface area contributed by atoms with Crippen molar-refractivity contribution >= 4 is 5.91 Å². The quantitative estimate of drug-likeness (QED) is 0.656. The monoisotopic (exact) mass is 241 g/mol. The van der Waals surface area contributed by atoms with Gasteiger partial charge in [0.1, 0.15) is 6.33 Å². The Bertz CT molecular complexity index is 348. The minimum Gasteiger partial charge on any atom is -0.380 e. The van der Waals surface area contributed by atoms with Gasteiger partial charge < -0.3 is 20.4 Å². The highest BCUT2D eigenvalue weighted by atomic mass is 16.5. The second-order valence-corrected chi connectivity index (χ2v) is 3.61. The minimum atomic E-state index is -0.237. The normalized spacial score (nSPS) is 12.4. The first-order valence-electron chi connectivity index (χ1n) is 5.57. The zero-order valence-corrected chi connectivity index (χ0v) is 10.2. The number of nitrogens with two attached hydrogens (primary N) is 1. The maximum atomic E-state index is 11.6. The molecule has 1 aromatic rings. The van der Waals surface area contributed by atoms with E-state index >= 15 is 0 Å². The summed E-state index contributed by atoms with van der Waals surface area (Å²) in [5.74, 6) is 0.635. The second kappa shape index (κ2) is 6.97. The summed E-state index contributed by atoms with van der Waals surface area (Å²) in [5, 5.41) is 10.5. The van der Waals surface area contributed by atoms with Crippen LogP contribution in [0.2, 0.25) is 0 Å². The Morgan fingerprint density at radius 3 is 3.06 bits per heavy atom. The molecule has 0 fully saturated rings. The lowest BCUT2D eigenvalue weighted by Gasteiger charge is -2.12. The molecule has 1 amide bonds. The number of nitrogens with one attached hydrogen (secondary N) is 1. The van der Waals surface area contributed by atoms with Gasteiger partial charge in [0, 0.05) is 20.2 Å². The maximum absolute atomic E-state index is 11.6. The SMILES string of the molecule is CCn1cnnc1CNC(=O)CC(CN)OC. The Hall–Kier alpha value is -1.47. The van der Waals surface area contributed by atoms with Crippen LogP contribution in [0.1, 0.15) is 19.2 Å². The van der Waals surface area contributed by atoms with Gasteiger partial charge in [0.2, 0.25) is 5.91 Å². The number of amides is 1. The summed E-state index contributed by atoms with van der Waals surface area (Å²) in [7, 11) is 1.54. The van der Waals surface area contributed by atoms with Crippen molar-refractivity contribution < 1.29 is 9.53 Å². The van der Waals surface area contributed by atoms with Crippen molar-refractivity contribution in [2.75, 3.05) is 13.7 Å². The molecule has 96 valence electrons. The fourth-order valence-corrected chi connectivity index (χ4v) is 1.40. The van der Waals surface area contributed by atoms with Crippen LogP contribution in [0.15, 0.2) is 6.33 Å². The number of methoxy groups -OCH3 is 1. The molecule has 1 aromatic heterocycles. The van der Waals surface area contributed by atoms with Gasteiger partial charge in [-0.1, -0.05) is 0 Å². The van der Waals surface area contributed by atoms with Crippen LogP contribution in [0.3, 0.4) is 0 Å². The molecule has 1 unspecified atom stereocenters. The highest BCUT2D eigenvalue weighted by molar-refractivity contribution is 5.76. The van der Waals surface area contributed by atoms with E-state index in [9.17, 15) is 4.79 Å². The van der Waals surface area contributed by atoms with Crippen molar-refractivity contribution in [3.63, 3.8) is 0 Å². The van der Waals surface area contributed by atoms with Gasteiger partial charge >= 0.3 is 0 Å². The molecular formula is C10H19N5O2. The molecular weight excluding hydrogens is 222 g/mol. The first-order valence-corrected chi connectivity index (χ1v) is 5.57. The Labute approximate surface area is 100 Å². The number of aryl methyl sites for hydroxylation is 1. The van der Waals surface area contributed by atoms with E-state index in [1.807, 2.05) is 11.5 Å². The molecule has 3 N–H and O–H groups in total. The Morgan fingerprint density at radius 2 is 2.47 bits per heavy atom. The molecule has 0 bridgehead atoms. The van der Waals surface area contributed by atoms with Crippen LogP contribution in [0.4, 0.5) is 0 Å². The van der Waals surface area contributed by atoms with Crippen LogP contribution in [-0.2, 0) is 22.6 Å². The molecule has 0 aliphatic rings. The third kappa shape index (κ3) is 4.12. The average molecular weight is 241 g/mol. The molecule has 1 rings (SSSR count). The topological polar surface area (TPSA) is 95.1 Å². The van der Waals surface area contributed by atoms with E-state index in [-0.39, 0.29) is 18.4 Å². The van der Waals surface area contributed by atoms with Gasteiger partial charge in [0.05, 0.1) is 19.1 Å². The predicted octanol–water partition coefficient (Wildman–Crippen LogP) is -0.722. The molecule has 0 radical (unpaired) electrons.